The molecule has 0 radical (unpaired) electrons. The summed E-state index contributed by atoms with van der Waals surface area (Å²) in [6.45, 7) is 4.36. The van der Waals surface area contributed by atoms with E-state index in [0.717, 1.165) is 6.61 Å². The van der Waals surface area contributed by atoms with Crippen molar-refractivity contribution in [3.05, 3.63) is 71.8 Å². The van der Waals surface area contributed by atoms with E-state index in [1.54, 1.807) is 14.2 Å². The van der Waals surface area contributed by atoms with Gasteiger partial charge in [-0.1, -0.05) is 67.6 Å². The third kappa shape index (κ3) is 5.39. The van der Waals surface area contributed by atoms with Crippen LogP contribution in [-0.2, 0) is 27.9 Å². The molecule has 1 aliphatic rings. The second-order valence-electron chi connectivity index (χ2n) is 7.22. The van der Waals surface area contributed by atoms with Crippen molar-refractivity contribution < 1.29 is 22.4 Å². The maximum atomic E-state index is 6.19. The quantitative estimate of drug-likeness (QED) is 0.391. The fourth-order valence-corrected chi connectivity index (χ4v) is 7.43. The second-order valence-corrected chi connectivity index (χ2v) is 11.4. The molecule has 1 saturated heterocycles. The van der Waals surface area contributed by atoms with Gasteiger partial charge in [-0.15, -0.1) is 0 Å². The van der Waals surface area contributed by atoms with Crippen molar-refractivity contribution in [1.82, 2.24) is 0 Å². The molecule has 152 valence electrons. The highest BCUT2D eigenvalue weighted by Gasteiger charge is 2.39. The molecule has 0 aliphatic carbocycles. The summed E-state index contributed by atoms with van der Waals surface area (Å²) in [6.07, 6.45) is 0.253. The first-order valence-electron chi connectivity index (χ1n) is 9.66. The zero-order chi connectivity index (χ0) is 19.8. The molecule has 28 heavy (non-hydrogen) atoms. The molecule has 2 aromatic carbocycles. The topological polar surface area (TPSA) is 49.5 Å². The minimum Gasteiger partial charge on any atom is -0.423 e. The van der Waals surface area contributed by atoms with E-state index in [-0.39, 0.29) is 17.1 Å². The summed E-state index contributed by atoms with van der Waals surface area (Å²) >= 11 is 0. The summed E-state index contributed by atoms with van der Waals surface area (Å²) < 4.78 is 28.3. The highest BCUT2D eigenvalue weighted by molar-refractivity contribution is 6.48. The van der Waals surface area contributed by atoms with Gasteiger partial charge in [0.05, 0.1) is 13.2 Å². The van der Waals surface area contributed by atoms with Crippen LogP contribution < -0.4 is 0 Å². The van der Waals surface area contributed by atoms with Crippen molar-refractivity contribution >= 4 is 19.3 Å². The Balaban J connectivity index is 1.89. The van der Waals surface area contributed by atoms with Gasteiger partial charge in [0.1, 0.15) is 6.10 Å². The molecule has 1 aliphatic heterocycles. The lowest BCUT2D eigenvalue weighted by atomic mass is 9.73. The Hall–Kier alpha value is -1.33. The van der Waals surface area contributed by atoms with Crippen LogP contribution in [0, 0.1) is 0 Å². The molecular weight excluding hydrogens is 388 g/mol. The number of epoxide rings is 1. The summed E-state index contributed by atoms with van der Waals surface area (Å²) in [5.41, 5.74) is 2.53. The third-order valence-corrected chi connectivity index (χ3v) is 9.49. The Morgan fingerprint density at radius 2 is 1.57 bits per heavy atom. The number of benzene rings is 2. The average Bonchev–Trinajstić information content (AvgIpc) is 3.58. The zero-order valence-corrected chi connectivity index (χ0v) is 19.4. The molecule has 1 heterocycles. The van der Waals surface area contributed by atoms with Crippen molar-refractivity contribution in [2.75, 3.05) is 34.0 Å². The van der Waals surface area contributed by atoms with Crippen LogP contribution in [0.5, 0.6) is 0 Å². The predicted octanol–water partition coefficient (Wildman–Crippen LogP) is 2.31. The lowest BCUT2D eigenvalue weighted by Crippen LogP contribution is -2.39. The maximum Gasteiger partial charge on any atom is 0.472 e. The standard InChI is InChI=1S/C21H30O5Si2/c1-21(17-10-6-4-7-11-17,18-12-8-5-9-13-18)20(16-24-14-19-15-25-19)27-26-28(22-2)23-3/h4-13,19-20,28H,14-16,27H2,1-3H3. The van der Waals surface area contributed by atoms with Crippen molar-refractivity contribution in [2.45, 2.75) is 24.0 Å². The Kier molecular flexibility index (Phi) is 7.98. The van der Waals surface area contributed by atoms with E-state index in [9.17, 15) is 0 Å². The van der Waals surface area contributed by atoms with Gasteiger partial charge >= 0.3 is 9.53 Å². The fourth-order valence-electron chi connectivity index (χ4n) is 3.52. The molecule has 0 saturated carbocycles. The van der Waals surface area contributed by atoms with Crippen molar-refractivity contribution in [1.29, 1.82) is 0 Å². The van der Waals surface area contributed by atoms with E-state index in [1.165, 1.54) is 11.1 Å². The largest absolute Gasteiger partial charge is 0.472 e. The molecule has 7 heteroatoms. The van der Waals surface area contributed by atoms with Crippen LogP contribution in [0.2, 0.25) is 5.54 Å². The lowest BCUT2D eigenvalue weighted by Gasteiger charge is -2.39. The first kappa shape index (κ1) is 21.4. The molecule has 0 bridgehead atoms. The minimum absolute atomic E-state index is 0.219. The molecule has 2 atom stereocenters. The van der Waals surface area contributed by atoms with Gasteiger partial charge in [-0.3, -0.25) is 0 Å². The van der Waals surface area contributed by atoms with E-state index in [2.05, 4.69) is 67.6 Å². The summed E-state index contributed by atoms with van der Waals surface area (Å²) in [5.74, 6) is 0. The van der Waals surface area contributed by atoms with Gasteiger partial charge in [-0.2, -0.15) is 0 Å². The average molecular weight is 419 g/mol. The highest BCUT2D eigenvalue weighted by Crippen LogP contribution is 2.42. The maximum absolute atomic E-state index is 6.19. The summed E-state index contributed by atoms with van der Waals surface area (Å²) in [5, 5.41) is 0. The van der Waals surface area contributed by atoms with Crippen molar-refractivity contribution in [2.24, 2.45) is 0 Å². The second kappa shape index (κ2) is 10.5. The molecule has 0 N–H and O–H groups in total. The molecule has 0 aromatic heterocycles. The van der Waals surface area contributed by atoms with E-state index in [1.807, 2.05) is 0 Å². The first-order valence-corrected chi connectivity index (χ1v) is 12.5. The van der Waals surface area contributed by atoms with Crippen LogP contribution in [0.1, 0.15) is 18.1 Å². The molecule has 1 fully saturated rings. The van der Waals surface area contributed by atoms with Gasteiger partial charge in [0.2, 0.25) is 0 Å². The Morgan fingerprint density at radius 3 is 2.04 bits per heavy atom. The van der Waals surface area contributed by atoms with Gasteiger partial charge in [0, 0.05) is 31.8 Å². The van der Waals surface area contributed by atoms with Crippen LogP contribution in [0.15, 0.2) is 60.7 Å². The number of rotatable bonds is 12. The van der Waals surface area contributed by atoms with E-state index in [0.29, 0.717) is 13.2 Å². The molecule has 0 spiro atoms. The normalized spacial score (nSPS) is 18.1. The van der Waals surface area contributed by atoms with Gasteiger partial charge in [-0.25, -0.2) is 0 Å². The van der Waals surface area contributed by atoms with Gasteiger partial charge < -0.3 is 22.4 Å². The van der Waals surface area contributed by atoms with Gasteiger partial charge in [0.15, 0.2) is 9.76 Å². The minimum atomic E-state index is -2.07. The number of ether oxygens (including phenoxy) is 2. The van der Waals surface area contributed by atoms with Gasteiger partial charge in [0.25, 0.3) is 0 Å². The van der Waals surface area contributed by atoms with Crippen molar-refractivity contribution in [3.63, 3.8) is 0 Å². The molecular formula is C21H30O5Si2. The summed E-state index contributed by atoms with van der Waals surface area (Å²) in [4.78, 5) is 0. The molecule has 3 rings (SSSR count). The predicted molar refractivity (Wildman–Crippen MR) is 114 cm³/mol. The number of hydrogen-bond acceptors (Lipinski definition) is 5. The van der Waals surface area contributed by atoms with Crippen LogP contribution in [0.25, 0.3) is 0 Å². The summed E-state index contributed by atoms with van der Waals surface area (Å²) in [6, 6.07) is 21.3. The van der Waals surface area contributed by atoms with Crippen molar-refractivity contribution in [3.8, 4) is 0 Å². The van der Waals surface area contributed by atoms with Gasteiger partial charge in [-0.05, 0) is 11.1 Å². The molecule has 2 unspecified atom stereocenters. The summed E-state index contributed by atoms with van der Waals surface area (Å²) in [7, 11) is 0.220. The van der Waals surface area contributed by atoms with Crippen LogP contribution in [0.3, 0.4) is 0 Å². The van der Waals surface area contributed by atoms with Crippen LogP contribution in [-0.4, -0.2) is 59.4 Å². The Morgan fingerprint density at radius 1 is 1.04 bits per heavy atom. The highest BCUT2D eigenvalue weighted by atomic mass is 28.4. The van der Waals surface area contributed by atoms with E-state index < -0.39 is 19.3 Å². The van der Waals surface area contributed by atoms with Crippen LogP contribution in [0.4, 0.5) is 0 Å². The number of hydrogen-bond donors (Lipinski definition) is 0. The van der Waals surface area contributed by atoms with E-state index in [4.69, 9.17) is 22.4 Å². The first-order chi connectivity index (χ1) is 13.7. The Labute approximate surface area is 171 Å². The molecule has 5 nitrogen and oxygen atoms in total. The molecule has 2 aromatic rings. The smallest absolute Gasteiger partial charge is 0.423 e. The van der Waals surface area contributed by atoms with E-state index >= 15 is 0 Å². The lowest BCUT2D eigenvalue weighted by molar-refractivity contribution is 0.102. The van der Waals surface area contributed by atoms with Crippen LogP contribution >= 0.6 is 0 Å². The zero-order valence-electron chi connectivity index (χ0n) is 16.9. The third-order valence-electron chi connectivity index (χ3n) is 5.41. The SMILES string of the molecule is CO[SiH](OC)O[SiH2]C(COCC1CO1)C(C)(c1ccccc1)c1ccccc1. The molecule has 0 amide bonds. The fraction of sp³-hybridized carbons (Fsp3) is 0.429. The monoisotopic (exact) mass is 418 g/mol. The Bertz CT molecular complexity index is 653.